The van der Waals surface area contributed by atoms with Gasteiger partial charge in [0.1, 0.15) is 0 Å². The van der Waals surface area contributed by atoms with Crippen LogP contribution in [0.3, 0.4) is 0 Å². The largest absolute Gasteiger partial charge is 0.369 e. The molecule has 3 rings (SSSR count). The van der Waals surface area contributed by atoms with Crippen LogP contribution in [0.15, 0.2) is 42.5 Å². The number of nitrogens with zero attached hydrogens (tertiary/aromatic N) is 2. The molecular formula is C18H17N3O4. The number of fused-ring (bicyclic) bond motifs is 1. The lowest BCUT2D eigenvalue weighted by atomic mass is 9.91. The maximum atomic E-state index is 13.0. The zero-order valence-corrected chi connectivity index (χ0v) is 13.6. The molecule has 1 atom stereocenters. The second kappa shape index (κ2) is 6.35. The highest BCUT2D eigenvalue weighted by molar-refractivity contribution is 6.07. The van der Waals surface area contributed by atoms with Gasteiger partial charge in [-0.05, 0) is 37.1 Å². The van der Waals surface area contributed by atoms with E-state index in [4.69, 9.17) is 5.73 Å². The van der Waals surface area contributed by atoms with Crippen LogP contribution >= 0.6 is 0 Å². The second-order valence-electron chi connectivity index (χ2n) is 6.11. The van der Waals surface area contributed by atoms with Crippen molar-refractivity contribution < 1.29 is 14.5 Å². The molecule has 25 heavy (non-hydrogen) atoms. The van der Waals surface area contributed by atoms with Gasteiger partial charge in [0.25, 0.3) is 11.6 Å². The minimum Gasteiger partial charge on any atom is -0.369 e. The number of carbonyl (C=O) groups is 2. The number of hydrogen-bond acceptors (Lipinski definition) is 4. The minimum atomic E-state index is -0.483. The fraction of sp³-hybridized carbons (Fsp3) is 0.222. The van der Waals surface area contributed by atoms with Crippen molar-refractivity contribution in [2.24, 2.45) is 11.7 Å². The molecule has 0 saturated heterocycles. The Kier molecular flexibility index (Phi) is 4.22. The molecule has 1 aliphatic rings. The Morgan fingerprint density at radius 1 is 1.24 bits per heavy atom. The van der Waals surface area contributed by atoms with Gasteiger partial charge in [0.15, 0.2) is 0 Å². The molecule has 0 saturated carbocycles. The number of nitrogens with two attached hydrogens (primary N) is 1. The van der Waals surface area contributed by atoms with E-state index < -0.39 is 16.7 Å². The summed E-state index contributed by atoms with van der Waals surface area (Å²) >= 11 is 0. The lowest BCUT2D eigenvalue weighted by Crippen LogP contribution is -2.44. The van der Waals surface area contributed by atoms with Gasteiger partial charge in [0.2, 0.25) is 5.91 Å². The van der Waals surface area contributed by atoms with Gasteiger partial charge < -0.3 is 10.6 Å². The third-order valence-corrected chi connectivity index (χ3v) is 4.44. The van der Waals surface area contributed by atoms with Crippen molar-refractivity contribution in [2.75, 3.05) is 11.4 Å². The first-order chi connectivity index (χ1) is 11.9. The van der Waals surface area contributed by atoms with E-state index in [2.05, 4.69) is 0 Å². The monoisotopic (exact) mass is 339 g/mol. The predicted molar refractivity (Wildman–Crippen MR) is 92.3 cm³/mol. The Bertz CT molecular complexity index is 878. The molecule has 0 bridgehead atoms. The van der Waals surface area contributed by atoms with Gasteiger partial charge in [0.05, 0.1) is 10.8 Å². The lowest BCUT2D eigenvalue weighted by Gasteiger charge is -2.33. The first-order valence-electron chi connectivity index (χ1n) is 7.82. The molecule has 2 amide bonds. The van der Waals surface area contributed by atoms with Crippen LogP contribution in [-0.4, -0.2) is 23.3 Å². The molecule has 2 N–H and O–H groups in total. The summed E-state index contributed by atoms with van der Waals surface area (Å²) in [5.41, 5.74) is 7.78. The van der Waals surface area contributed by atoms with Crippen LogP contribution in [0.2, 0.25) is 0 Å². The van der Waals surface area contributed by atoms with Crippen LogP contribution in [0.4, 0.5) is 11.4 Å². The molecule has 1 aliphatic heterocycles. The number of amides is 2. The van der Waals surface area contributed by atoms with Crippen molar-refractivity contribution in [3.05, 3.63) is 69.3 Å². The number of nitro groups is 1. The molecular weight excluding hydrogens is 322 g/mol. The van der Waals surface area contributed by atoms with Crippen LogP contribution in [0.25, 0.3) is 0 Å². The van der Waals surface area contributed by atoms with Crippen LogP contribution in [0.1, 0.15) is 21.5 Å². The summed E-state index contributed by atoms with van der Waals surface area (Å²) in [5.74, 6) is -1.22. The summed E-state index contributed by atoms with van der Waals surface area (Å²) in [6.07, 6.45) is 0.495. The number of anilines is 1. The van der Waals surface area contributed by atoms with E-state index in [-0.39, 0.29) is 18.1 Å². The number of nitro benzene ring substituents is 1. The Morgan fingerprint density at radius 2 is 1.96 bits per heavy atom. The zero-order valence-electron chi connectivity index (χ0n) is 13.6. The predicted octanol–water partition coefficient (Wildman–Crippen LogP) is 2.21. The van der Waals surface area contributed by atoms with Gasteiger partial charge in [-0.3, -0.25) is 19.7 Å². The van der Waals surface area contributed by atoms with E-state index in [0.717, 1.165) is 11.3 Å². The standard InChI is InChI=1S/C18H17N3O4/c1-11-8-13(6-7-15(11)21(24)25)18(23)20-10-14(17(19)22)9-12-4-2-3-5-16(12)20/h2-8,14H,9-10H2,1H3,(H2,19,22). The number of primary amides is 1. The Hall–Kier alpha value is -3.22. The highest BCUT2D eigenvalue weighted by Crippen LogP contribution is 2.31. The van der Waals surface area contributed by atoms with Crippen molar-refractivity contribution in [1.29, 1.82) is 0 Å². The molecule has 0 aromatic heterocycles. The molecule has 1 heterocycles. The Balaban J connectivity index is 2.00. The summed E-state index contributed by atoms with van der Waals surface area (Å²) in [5, 5.41) is 10.9. The Morgan fingerprint density at radius 3 is 2.60 bits per heavy atom. The van der Waals surface area contributed by atoms with E-state index in [1.54, 1.807) is 6.92 Å². The molecule has 1 unspecified atom stereocenters. The third kappa shape index (κ3) is 3.08. The zero-order chi connectivity index (χ0) is 18.1. The number of rotatable bonds is 3. The SMILES string of the molecule is Cc1cc(C(=O)N2CC(C(N)=O)Cc3ccccc32)ccc1[N+](=O)[O-]. The van der Waals surface area contributed by atoms with Crippen LogP contribution in [0, 0.1) is 23.0 Å². The average Bonchev–Trinajstić information content (AvgIpc) is 2.59. The van der Waals surface area contributed by atoms with Crippen LogP contribution in [-0.2, 0) is 11.2 Å². The van der Waals surface area contributed by atoms with Gasteiger partial charge in [-0.15, -0.1) is 0 Å². The highest BCUT2D eigenvalue weighted by Gasteiger charge is 2.32. The maximum absolute atomic E-state index is 13.0. The van der Waals surface area contributed by atoms with Crippen molar-refractivity contribution in [2.45, 2.75) is 13.3 Å². The minimum absolute atomic E-state index is 0.0365. The number of aryl methyl sites for hydroxylation is 1. The van der Waals surface area contributed by atoms with Crippen molar-refractivity contribution in [1.82, 2.24) is 0 Å². The van der Waals surface area contributed by atoms with Crippen molar-refractivity contribution >= 4 is 23.2 Å². The molecule has 0 spiro atoms. The Labute approximate surface area is 144 Å². The molecule has 7 nitrogen and oxygen atoms in total. The molecule has 0 radical (unpaired) electrons. The fourth-order valence-electron chi connectivity index (χ4n) is 3.13. The quantitative estimate of drug-likeness (QED) is 0.683. The highest BCUT2D eigenvalue weighted by atomic mass is 16.6. The summed E-state index contributed by atoms with van der Waals surface area (Å²) in [6.45, 7) is 1.78. The van der Waals surface area contributed by atoms with Crippen LogP contribution < -0.4 is 10.6 Å². The van der Waals surface area contributed by atoms with E-state index >= 15 is 0 Å². The van der Waals surface area contributed by atoms with E-state index in [0.29, 0.717) is 17.5 Å². The van der Waals surface area contributed by atoms with Crippen molar-refractivity contribution in [3.63, 3.8) is 0 Å². The van der Waals surface area contributed by atoms with E-state index in [9.17, 15) is 19.7 Å². The molecule has 2 aromatic carbocycles. The molecule has 2 aromatic rings. The number of benzene rings is 2. The topological polar surface area (TPSA) is 107 Å². The normalized spacial score (nSPS) is 16.2. The van der Waals surface area contributed by atoms with Gasteiger partial charge in [0, 0.05) is 29.4 Å². The maximum Gasteiger partial charge on any atom is 0.272 e. The average molecular weight is 339 g/mol. The van der Waals surface area contributed by atoms with Crippen LogP contribution in [0.5, 0.6) is 0 Å². The summed E-state index contributed by atoms with van der Waals surface area (Å²) in [6, 6.07) is 11.6. The summed E-state index contributed by atoms with van der Waals surface area (Å²) in [4.78, 5) is 36.6. The van der Waals surface area contributed by atoms with E-state index in [1.165, 1.54) is 23.1 Å². The fourth-order valence-corrected chi connectivity index (χ4v) is 3.13. The lowest BCUT2D eigenvalue weighted by molar-refractivity contribution is -0.385. The van der Waals surface area contributed by atoms with Crippen molar-refractivity contribution in [3.8, 4) is 0 Å². The number of para-hydroxylation sites is 1. The van der Waals surface area contributed by atoms with E-state index in [1.807, 2.05) is 24.3 Å². The first kappa shape index (κ1) is 16.6. The first-order valence-corrected chi connectivity index (χ1v) is 7.82. The number of hydrogen-bond donors (Lipinski definition) is 1. The third-order valence-electron chi connectivity index (χ3n) is 4.44. The molecule has 128 valence electrons. The number of carbonyl (C=O) groups excluding carboxylic acids is 2. The second-order valence-corrected chi connectivity index (χ2v) is 6.11. The van der Waals surface area contributed by atoms with Gasteiger partial charge in [-0.1, -0.05) is 18.2 Å². The van der Waals surface area contributed by atoms with Gasteiger partial charge in [-0.25, -0.2) is 0 Å². The molecule has 0 fully saturated rings. The molecule has 0 aliphatic carbocycles. The van der Waals surface area contributed by atoms with Gasteiger partial charge >= 0.3 is 0 Å². The molecule has 7 heteroatoms. The summed E-state index contributed by atoms with van der Waals surface area (Å²) < 4.78 is 0. The van der Waals surface area contributed by atoms with Gasteiger partial charge in [-0.2, -0.15) is 0 Å². The smallest absolute Gasteiger partial charge is 0.272 e. The summed E-state index contributed by atoms with van der Waals surface area (Å²) in [7, 11) is 0.